The van der Waals surface area contributed by atoms with Crippen molar-refractivity contribution in [3.8, 4) is 0 Å². The van der Waals surface area contributed by atoms with E-state index in [1.807, 2.05) is 6.07 Å². The number of nitrogens with zero attached hydrogens (tertiary/aromatic N) is 3. The lowest BCUT2D eigenvalue weighted by Gasteiger charge is -2.31. The van der Waals surface area contributed by atoms with Gasteiger partial charge in [0, 0.05) is 67.0 Å². The van der Waals surface area contributed by atoms with E-state index in [0.717, 1.165) is 83.9 Å². The predicted molar refractivity (Wildman–Crippen MR) is 270 cm³/mol. The van der Waals surface area contributed by atoms with E-state index in [1.54, 1.807) is 0 Å². The smallest absolute Gasteiger partial charge is 0.143 e. The summed E-state index contributed by atoms with van der Waals surface area (Å²) in [7, 11) is 0. The van der Waals surface area contributed by atoms with Gasteiger partial charge in [-0.05, 0) is 119 Å². The Bertz CT molecular complexity index is 3630. The normalized spacial score (nSPS) is 11.4. The number of para-hydroxylation sites is 4. The zero-order valence-corrected chi connectivity index (χ0v) is 34.9. The van der Waals surface area contributed by atoms with Gasteiger partial charge in [0.2, 0.25) is 0 Å². The molecule has 0 atom stereocenters. The summed E-state index contributed by atoms with van der Waals surface area (Å²) >= 11 is 0. The molecule has 0 aliphatic heterocycles. The highest BCUT2D eigenvalue weighted by molar-refractivity contribution is 6.30. The first kappa shape index (κ1) is 37.2. The topological polar surface area (TPSA) is 22.9 Å². The van der Waals surface area contributed by atoms with Gasteiger partial charge in [0.15, 0.2) is 0 Å². The summed E-state index contributed by atoms with van der Waals surface area (Å²) in [5.74, 6) is 0. The summed E-state index contributed by atoms with van der Waals surface area (Å²) < 4.78 is 6.64. The van der Waals surface area contributed by atoms with Gasteiger partial charge in [-0.25, -0.2) is 0 Å². The highest BCUT2D eigenvalue weighted by atomic mass is 16.3. The second-order valence-electron chi connectivity index (χ2n) is 16.1. The Morgan fingerprint density at radius 1 is 0.250 bits per heavy atom. The molecular formula is C60H41N3O. The molecule has 0 fully saturated rings. The molecule has 64 heavy (non-hydrogen) atoms. The van der Waals surface area contributed by atoms with Crippen molar-refractivity contribution in [1.29, 1.82) is 0 Å². The van der Waals surface area contributed by atoms with Crippen molar-refractivity contribution in [2.45, 2.75) is 0 Å². The van der Waals surface area contributed by atoms with Crippen LogP contribution in [0.15, 0.2) is 253 Å². The van der Waals surface area contributed by atoms with Crippen molar-refractivity contribution in [3.05, 3.63) is 249 Å². The van der Waals surface area contributed by atoms with Crippen LogP contribution in [0.5, 0.6) is 0 Å². The standard InChI is InChI=1S/C60H41N3O/c1-4-21-43(22-5-1)61(48-29-18-30-49(40-48)63(45-25-8-3-9-26-45)57-35-16-20-42-19-10-11-31-51(42)57)46-27-17-28-47(39-46)62(44-23-6-2-7-24-44)50-37-38-53-52-32-12-13-33-54(52)60-59(56(53)41-50)55-34-14-15-36-58(55)64-60/h1-41H. The summed E-state index contributed by atoms with van der Waals surface area (Å²) in [5.41, 5.74) is 11.4. The number of rotatable bonds is 9. The number of hydrogen-bond donors (Lipinski definition) is 0. The zero-order valence-electron chi connectivity index (χ0n) is 34.9. The molecule has 0 unspecified atom stereocenters. The molecule has 0 saturated carbocycles. The average molecular weight is 820 g/mol. The SMILES string of the molecule is c1ccc(N(c2cccc(N(c3ccccc3)c3ccc4c5ccccc5c5oc6ccccc6c5c4c3)c2)c2cccc(N(c3ccccc3)c3cccc4ccccc34)c2)cc1. The molecule has 0 saturated heterocycles. The van der Waals surface area contributed by atoms with E-state index in [9.17, 15) is 0 Å². The van der Waals surface area contributed by atoms with Crippen LogP contribution in [0.25, 0.3) is 54.3 Å². The summed E-state index contributed by atoms with van der Waals surface area (Å²) in [6, 6.07) is 88.8. The number of anilines is 9. The van der Waals surface area contributed by atoms with Crippen LogP contribution in [0.3, 0.4) is 0 Å². The lowest BCUT2D eigenvalue weighted by Crippen LogP contribution is -2.14. The Balaban J connectivity index is 1.03. The van der Waals surface area contributed by atoms with Crippen LogP contribution in [-0.2, 0) is 0 Å². The van der Waals surface area contributed by atoms with Crippen molar-refractivity contribution in [3.63, 3.8) is 0 Å². The fourth-order valence-corrected chi connectivity index (χ4v) is 9.53. The van der Waals surface area contributed by atoms with Gasteiger partial charge in [0.1, 0.15) is 11.2 Å². The largest absolute Gasteiger partial charge is 0.455 e. The molecule has 12 aromatic rings. The second kappa shape index (κ2) is 15.7. The molecule has 302 valence electrons. The minimum absolute atomic E-state index is 0.891. The number of fused-ring (bicyclic) bond motifs is 9. The third kappa shape index (κ3) is 6.40. The van der Waals surface area contributed by atoms with E-state index in [4.69, 9.17) is 4.42 Å². The van der Waals surface area contributed by atoms with Crippen LogP contribution < -0.4 is 14.7 Å². The Hall–Kier alpha value is -8.60. The van der Waals surface area contributed by atoms with Gasteiger partial charge in [0.05, 0.1) is 5.69 Å². The molecule has 0 aliphatic carbocycles. The maximum absolute atomic E-state index is 6.64. The molecule has 0 bridgehead atoms. The maximum Gasteiger partial charge on any atom is 0.143 e. The first-order chi connectivity index (χ1) is 31.8. The molecule has 1 heterocycles. The van der Waals surface area contributed by atoms with Crippen molar-refractivity contribution >= 4 is 105 Å². The van der Waals surface area contributed by atoms with Gasteiger partial charge in [-0.3, -0.25) is 0 Å². The Labute approximate surface area is 371 Å². The van der Waals surface area contributed by atoms with Crippen molar-refractivity contribution in [2.24, 2.45) is 0 Å². The van der Waals surface area contributed by atoms with E-state index in [0.29, 0.717) is 0 Å². The van der Waals surface area contributed by atoms with Crippen molar-refractivity contribution < 1.29 is 4.42 Å². The van der Waals surface area contributed by atoms with Crippen LogP contribution in [0.2, 0.25) is 0 Å². The van der Waals surface area contributed by atoms with Crippen LogP contribution >= 0.6 is 0 Å². The van der Waals surface area contributed by atoms with Crippen molar-refractivity contribution in [1.82, 2.24) is 0 Å². The fraction of sp³-hybridized carbons (Fsp3) is 0. The van der Waals surface area contributed by atoms with Gasteiger partial charge < -0.3 is 19.1 Å². The summed E-state index contributed by atoms with van der Waals surface area (Å²) in [5, 5.41) is 9.29. The minimum Gasteiger partial charge on any atom is -0.455 e. The molecule has 0 N–H and O–H groups in total. The van der Waals surface area contributed by atoms with Crippen LogP contribution in [0.4, 0.5) is 51.2 Å². The van der Waals surface area contributed by atoms with Crippen LogP contribution in [-0.4, -0.2) is 0 Å². The van der Waals surface area contributed by atoms with Gasteiger partial charge >= 0.3 is 0 Å². The third-order valence-electron chi connectivity index (χ3n) is 12.3. The lowest BCUT2D eigenvalue weighted by molar-refractivity contribution is 0.673. The maximum atomic E-state index is 6.64. The van der Waals surface area contributed by atoms with Gasteiger partial charge in [-0.2, -0.15) is 0 Å². The molecule has 4 heteroatoms. The van der Waals surface area contributed by atoms with E-state index < -0.39 is 0 Å². The van der Waals surface area contributed by atoms with Crippen LogP contribution in [0.1, 0.15) is 0 Å². The molecular weight excluding hydrogens is 779 g/mol. The fourth-order valence-electron chi connectivity index (χ4n) is 9.53. The molecule has 4 nitrogen and oxygen atoms in total. The van der Waals surface area contributed by atoms with E-state index in [1.165, 1.54) is 21.5 Å². The van der Waals surface area contributed by atoms with Gasteiger partial charge in [0.25, 0.3) is 0 Å². The summed E-state index contributed by atoms with van der Waals surface area (Å²) in [6.07, 6.45) is 0. The Morgan fingerprint density at radius 2 is 0.672 bits per heavy atom. The van der Waals surface area contributed by atoms with E-state index in [2.05, 4.69) is 257 Å². The quantitative estimate of drug-likeness (QED) is 0.135. The van der Waals surface area contributed by atoms with Crippen LogP contribution in [0, 0.1) is 0 Å². The van der Waals surface area contributed by atoms with E-state index >= 15 is 0 Å². The highest BCUT2D eigenvalue weighted by Gasteiger charge is 2.22. The molecule has 11 aromatic carbocycles. The molecule has 0 aliphatic rings. The Kier molecular flexibility index (Phi) is 9.12. The first-order valence-electron chi connectivity index (χ1n) is 21.8. The van der Waals surface area contributed by atoms with Gasteiger partial charge in [-0.15, -0.1) is 0 Å². The molecule has 0 spiro atoms. The summed E-state index contributed by atoms with van der Waals surface area (Å²) in [4.78, 5) is 7.09. The minimum atomic E-state index is 0.891. The zero-order chi connectivity index (χ0) is 42.4. The number of hydrogen-bond acceptors (Lipinski definition) is 4. The second-order valence-corrected chi connectivity index (χ2v) is 16.1. The monoisotopic (exact) mass is 819 g/mol. The highest BCUT2D eigenvalue weighted by Crippen LogP contribution is 2.46. The van der Waals surface area contributed by atoms with Gasteiger partial charge in [-0.1, -0.05) is 152 Å². The molecule has 1 aromatic heterocycles. The lowest BCUT2D eigenvalue weighted by atomic mass is 9.96. The van der Waals surface area contributed by atoms with Crippen molar-refractivity contribution in [2.75, 3.05) is 14.7 Å². The number of furan rings is 1. The Morgan fingerprint density at radius 3 is 1.30 bits per heavy atom. The van der Waals surface area contributed by atoms with E-state index in [-0.39, 0.29) is 0 Å². The third-order valence-corrected chi connectivity index (χ3v) is 12.3. The molecule has 0 radical (unpaired) electrons. The average Bonchev–Trinajstić information content (AvgIpc) is 3.76. The molecule has 12 rings (SSSR count). The summed E-state index contributed by atoms with van der Waals surface area (Å²) in [6.45, 7) is 0. The number of benzene rings is 11. The molecule has 0 amide bonds. The first-order valence-corrected chi connectivity index (χ1v) is 21.8. The predicted octanol–water partition coefficient (Wildman–Crippen LogP) is 17.5.